The molecule has 1 unspecified atom stereocenters. The number of aromatic nitrogens is 3. The van der Waals surface area contributed by atoms with Gasteiger partial charge in [-0.2, -0.15) is 15.0 Å². The molecular formula is C20H26N5O2+. The number of amides is 1. The molecule has 0 aliphatic carbocycles. The average molecular weight is 368 g/mol. The van der Waals surface area contributed by atoms with Crippen molar-refractivity contribution in [2.45, 2.75) is 12.5 Å². The maximum atomic E-state index is 12.5. The number of carbonyl (C=O) groups is 1. The first kappa shape index (κ1) is 18.8. The fraction of sp³-hybridized carbons (Fsp3) is 0.350. The summed E-state index contributed by atoms with van der Waals surface area (Å²) < 4.78 is 0.785. The van der Waals surface area contributed by atoms with E-state index in [0.29, 0.717) is 6.54 Å². The fourth-order valence-electron chi connectivity index (χ4n) is 2.82. The van der Waals surface area contributed by atoms with Crippen LogP contribution in [0.3, 0.4) is 0 Å². The molecule has 142 valence electrons. The summed E-state index contributed by atoms with van der Waals surface area (Å²) in [4.78, 5) is 14.1. The molecule has 7 heteroatoms. The molecule has 0 spiro atoms. The normalized spacial score (nSPS) is 12.9. The maximum absolute atomic E-state index is 12.5. The number of hydrogen-bond acceptors (Lipinski definition) is 4. The Kier molecular flexibility index (Phi) is 5.41. The first-order valence-electron chi connectivity index (χ1n) is 8.99. The largest absolute Gasteiger partial charge is 0.508 e. The number of quaternary nitrogens is 1. The van der Waals surface area contributed by atoms with Gasteiger partial charge in [0, 0.05) is 0 Å². The molecule has 27 heavy (non-hydrogen) atoms. The number of benzene rings is 2. The Morgan fingerprint density at radius 1 is 1.07 bits per heavy atom. The summed E-state index contributed by atoms with van der Waals surface area (Å²) in [5, 5.41) is 21.6. The van der Waals surface area contributed by atoms with Crippen LogP contribution < -0.4 is 5.32 Å². The van der Waals surface area contributed by atoms with Crippen LogP contribution in [-0.4, -0.2) is 64.7 Å². The number of rotatable bonds is 7. The third-order valence-corrected chi connectivity index (χ3v) is 4.34. The van der Waals surface area contributed by atoms with Crippen molar-refractivity contribution in [1.29, 1.82) is 0 Å². The number of phenolic OH excluding ortho intramolecular Hbond substituents is 1. The molecule has 1 atom stereocenters. The lowest BCUT2D eigenvalue weighted by molar-refractivity contribution is -0.869. The van der Waals surface area contributed by atoms with Gasteiger partial charge in [-0.3, -0.25) is 4.79 Å². The molecule has 0 bridgehead atoms. The highest BCUT2D eigenvalue weighted by molar-refractivity contribution is 5.77. The van der Waals surface area contributed by atoms with Gasteiger partial charge < -0.3 is 14.9 Å². The fourth-order valence-corrected chi connectivity index (χ4v) is 2.82. The van der Waals surface area contributed by atoms with Crippen LogP contribution in [0.25, 0.3) is 11.0 Å². The zero-order valence-electron chi connectivity index (χ0n) is 16.0. The van der Waals surface area contributed by atoms with Gasteiger partial charge in [0.05, 0.1) is 40.7 Å². The topological polar surface area (TPSA) is 80.0 Å². The molecule has 0 saturated heterocycles. The van der Waals surface area contributed by atoms with Gasteiger partial charge in [0.2, 0.25) is 5.91 Å². The van der Waals surface area contributed by atoms with Crippen molar-refractivity contribution in [3.05, 3.63) is 54.1 Å². The van der Waals surface area contributed by atoms with Gasteiger partial charge in [0.15, 0.2) is 0 Å². The summed E-state index contributed by atoms with van der Waals surface area (Å²) in [5.41, 5.74) is 2.44. The summed E-state index contributed by atoms with van der Waals surface area (Å²) in [7, 11) is 6.26. The first-order chi connectivity index (χ1) is 12.8. The first-order valence-corrected chi connectivity index (χ1v) is 8.99. The molecule has 0 radical (unpaired) electrons. The predicted octanol–water partition coefficient (Wildman–Crippen LogP) is 1.94. The minimum absolute atomic E-state index is 0.0529. The van der Waals surface area contributed by atoms with Crippen molar-refractivity contribution in [3.63, 3.8) is 0 Å². The van der Waals surface area contributed by atoms with Gasteiger partial charge in [-0.05, 0) is 29.8 Å². The van der Waals surface area contributed by atoms with E-state index in [4.69, 9.17) is 0 Å². The Balaban J connectivity index is 1.82. The molecule has 7 nitrogen and oxygen atoms in total. The Labute approximate surface area is 158 Å². The van der Waals surface area contributed by atoms with Gasteiger partial charge >= 0.3 is 0 Å². The van der Waals surface area contributed by atoms with Crippen LogP contribution in [0, 0.1) is 0 Å². The van der Waals surface area contributed by atoms with E-state index in [9.17, 15) is 9.90 Å². The smallest absolute Gasteiger partial charge is 0.222 e. The van der Waals surface area contributed by atoms with E-state index in [1.165, 1.54) is 0 Å². The molecule has 1 aromatic heterocycles. The predicted molar refractivity (Wildman–Crippen MR) is 104 cm³/mol. The molecule has 0 aliphatic rings. The van der Waals surface area contributed by atoms with Crippen molar-refractivity contribution in [2.75, 3.05) is 34.2 Å². The standard InChI is InChI=1S/C20H25N5O2/c1-25(2,3)13-12-21-20(27)14-19(15-8-10-16(26)11-9-15)24-22-17-6-4-5-7-18(17)23-24/h4-11,19H,12-14H2,1-3H3,(H-,21,26,27)/p+1. The molecule has 0 saturated carbocycles. The Bertz CT molecular complexity index is 879. The lowest BCUT2D eigenvalue weighted by Crippen LogP contribution is -2.42. The van der Waals surface area contributed by atoms with Crippen LogP contribution in [0.15, 0.2) is 48.5 Å². The molecule has 0 aliphatic heterocycles. The lowest BCUT2D eigenvalue weighted by atomic mass is 10.0. The van der Waals surface area contributed by atoms with Crippen molar-refractivity contribution in [1.82, 2.24) is 20.3 Å². The third-order valence-electron chi connectivity index (χ3n) is 4.34. The van der Waals surface area contributed by atoms with Gasteiger partial charge in [-0.1, -0.05) is 24.3 Å². The Morgan fingerprint density at radius 2 is 1.67 bits per heavy atom. The number of likely N-dealkylation sites (N-methyl/N-ethyl adjacent to an activating group) is 1. The van der Waals surface area contributed by atoms with Crippen LogP contribution >= 0.6 is 0 Å². The lowest BCUT2D eigenvalue weighted by Gasteiger charge is -2.24. The van der Waals surface area contributed by atoms with Crippen LogP contribution in [-0.2, 0) is 4.79 Å². The molecular weight excluding hydrogens is 342 g/mol. The van der Waals surface area contributed by atoms with E-state index in [1.54, 1.807) is 29.1 Å². The molecule has 3 aromatic rings. The Morgan fingerprint density at radius 3 is 2.22 bits per heavy atom. The van der Waals surface area contributed by atoms with E-state index >= 15 is 0 Å². The number of aromatic hydroxyl groups is 1. The zero-order chi connectivity index (χ0) is 19.4. The second kappa shape index (κ2) is 7.75. The number of hydrogen-bond donors (Lipinski definition) is 2. The van der Waals surface area contributed by atoms with Crippen LogP contribution in [0.1, 0.15) is 18.0 Å². The molecule has 1 amide bonds. The van der Waals surface area contributed by atoms with Crippen LogP contribution in [0.2, 0.25) is 0 Å². The number of nitrogens with zero attached hydrogens (tertiary/aromatic N) is 4. The molecule has 1 heterocycles. The quantitative estimate of drug-likeness (QED) is 0.625. The molecule has 3 rings (SSSR count). The zero-order valence-corrected chi connectivity index (χ0v) is 16.0. The van der Waals surface area contributed by atoms with Crippen LogP contribution in [0.5, 0.6) is 5.75 Å². The number of phenols is 1. The molecule has 2 N–H and O–H groups in total. The SMILES string of the molecule is C[N+](C)(C)CCNC(=O)CC(c1ccc(O)cc1)n1nc2ccccc2n1. The van der Waals surface area contributed by atoms with Crippen molar-refractivity contribution < 1.29 is 14.4 Å². The number of carbonyl (C=O) groups excluding carboxylic acids is 1. The molecule has 0 fully saturated rings. The van der Waals surface area contributed by atoms with E-state index in [-0.39, 0.29) is 24.1 Å². The summed E-state index contributed by atoms with van der Waals surface area (Å²) >= 11 is 0. The highest BCUT2D eigenvalue weighted by Gasteiger charge is 2.21. The summed E-state index contributed by atoms with van der Waals surface area (Å²) in [6.07, 6.45) is 0.225. The van der Waals surface area contributed by atoms with E-state index in [0.717, 1.165) is 27.6 Å². The van der Waals surface area contributed by atoms with Gasteiger partial charge in [-0.15, -0.1) is 0 Å². The van der Waals surface area contributed by atoms with E-state index in [2.05, 4.69) is 36.7 Å². The second-order valence-electron chi connectivity index (χ2n) is 7.68. The number of fused-ring (bicyclic) bond motifs is 1. The van der Waals surface area contributed by atoms with Crippen molar-refractivity contribution >= 4 is 16.9 Å². The van der Waals surface area contributed by atoms with E-state index < -0.39 is 0 Å². The highest BCUT2D eigenvalue weighted by Crippen LogP contribution is 2.24. The van der Waals surface area contributed by atoms with Crippen molar-refractivity contribution in [3.8, 4) is 5.75 Å². The monoisotopic (exact) mass is 368 g/mol. The number of nitrogens with one attached hydrogen (secondary N) is 1. The van der Waals surface area contributed by atoms with Gasteiger partial charge in [0.25, 0.3) is 0 Å². The average Bonchev–Trinajstić information content (AvgIpc) is 3.03. The Hall–Kier alpha value is -2.93. The van der Waals surface area contributed by atoms with Gasteiger partial charge in [0.1, 0.15) is 22.8 Å². The van der Waals surface area contributed by atoms with Crippen molar-refractivity contribution in [2.24, 2.45) is 0 Å². The van der Waals surface area contributed by atoms with Crippen LogP contribution in [0.4, 0.5) is 0 Å². The summed E-state index contributed by atoms with van der Waals surface area (Å²) in [6, 6.07) is 14.1. The summed E-state index contributed by atoms with van der Waals surface area (Å²) in [5.74, 6) is 0.131. The second-order valence-corrected chi connectivity index (χ2v) is 7.68. The van der Waals surface area contributed by atoms with Gasteiger partial charge in [-0.25, -0.2) is 0 Å². The minimum atomic E-state index is -0.345. The van der Waals surface area contributed by atoms with E-state index in [1.807, 2.05) is 24.3 Å². The third kappa shape index (κ3) is 5.04. The maximum Gasteiger partial charge on any atom is 0.222 e. The molecule has 2 aromatic carbocycles. The minimum Gasteiger partial charge on any atom is -0.508 e. The highest BCUT2D eigenvalue weighted by atomic mass is 16.3. The summed E-state index contributed by atoms with van der Waals surface area (Å²) in [6.45, 7) is 1.46.